The normalized spacial score (nSPS) is 14.6. The van der Waals surface area contributed by atoms with Gasteiger partial charge in [-0.25, -0.2) is 8.78 Å². The van der Waals surface area contributed by atoms with Crippen molar-refractivity contribution in [2.24, 2.45) is 0 Å². The second-order valence-electron chi connectivity index (χ2n) is 7.24. The highest BCUT2D eigenvalue weighted by molar-refractivity contribution is 6.22. The standard InChI is InChI=1S/C22H22F2N2O4/c1-22(2,21(28)25-17-11-15(23)9-10-16(17)24)26-13-30-18(12-29-3)19(20(26)27)14-7-5-4-6-8-14/h4-11H,12-13H2,1-3H3,(H,25,28). The molecule has 0 fully saturated rings. The predicted molar refractivity (Wildman–Crippen MR) is 107 cm³/mol. The molecule has 2 aromatic carbocycles. The first-order valence-corrected chi connectivity index (χ1v) is 9.24. The van der Waals surface area contributed by atoms with Gasteiger partial charge in [0.15, 0.2) is 6.73 Å². The summed E-state index contributed by atoms with van der Waals surface area (Å²) in [6.45, 7) is 2.90. The van der Waals surface area contributed by atoms with Gasteiger partial charge in [-0.1, -0.05) is 30.3 Å². The molecule has 0 saturated carbocycles. The van der Waals surface area contributed by atoms with E-state index in [1.807, 2.05) is 6.07 Å². The Bertz CT molecular complexity index is 990. The van der Waals surface area contributed by atoms with Crippen molar-refractivity contribution in [2.75, 3.05) is 25.8 Å². The Morgan fingerprint density at radius 3 is 2.57 bits per heavy atom. The maximum atomic E-state index is 13.9. The average molecular weight is 416 g/mol. The number of halogens is 2. The minimum absolute atomic E-state index is 0.0882. The molecule has 158 valence electrons. The highest BCUT2D eigenvalue weighted by Crippen LogP contribution is 2.31. The van der Waals surface area contributed by atoms with E-state index >= 15 is 0 Å². The van der Waals surface area contributed by atoms with E-state index in [0.717, 1.165) is 18.2 Å². The van der Waals surface area contributed by atoms with Gasteiger partial charge in [0.25, 0.3) is 5.91 Å². The van der Waals surface area contributed by atoms with Crippen molar-refractivity contribution in [3.63, 3.8) is 0 Å². The minimum Gasteiger partial charge on any atom is -0.474 e. The van der Waals surface area contributed by atoms with Gasteiger partial charge >= 0.3 is 0 Å². The van der Waals surface area contributed by atoms with E-state index < -0.39 is 29.0 Å². The van der Waals surface area contributed by atoms with Crippen molar-refractivity contribution in [3.8, 4) is 0 Å². The number of rotatable bonds is 6. The quantitative estimate of drug-likeness (QED) is 0.782. The van der Waals surface area contributed by atoms with Gasteiger partial charge in [-0.15, -0.1) is 0 Å². The summed E-state index contributed by atoms with van der Waals surface area (Å²) in [5.41, 5.74) is -0.834. The second-order valence-corrected chi connectivity index (χ2v) is 7.24. The van der Waals surface area contributed by atoms with E-state index in [1.54, 1.807) is 24.3 Å². The van der Waals surface area contributed by atoms with E-state index in [9.17, 15) is 18.4 Å². The van der Waals surface area contributed by atoms with Crippen LogP contribution in [-0.4, -0.2) is 42.7 Å². The number of carbonyl (C=O) groups is 2. The molecule has 2 aromatic rings. The highest BCUT2D eigenvalue weighted by Gasteiger charge is 2.43. The Morgan fingerprint density at radius 1 is 1.20 bits per heavy atom. The zero-order chi connectivity index (χ0) is 21.9. The van der Waals surface area contributed by atoms with Crippen LogP contribution in [-0.2, 0) is 19.1 Å². The van der Waals surface area contributed by atoms with Gasteiger partial charge in [0.05, 0.1) is 11.3 Å². The van der Waals surface area contributed by atoms with E-state index in [0.29, 0.717) is 11.3 Å². The van der Waals surface area contributed by atoms with Gasteiger partial charge in [-0.2, -0.15) is 0 Å². The lowest BCUT2D eigenvalue weighted by molar-refractivity contribution is -0.147. The van der Waals surface area contributed by atoms with Crippen LogP contribution in [0.4, 0.5) is 14.5 Å². The molecule has 0 saturated heterocycles. The summed E-state index contributed by atoms with van der Waals surface area (Å²) in [6.07, 6.45) is 0. The van der Waals surface area contributed by atoms with Gasteiger partial charge in [-0.05, 0) is 31.5 Å². The summed E-state index contributed by atoms with van der Waals surface area (Å²) >= 11 is 0. The Balaban J connectivity index is 1.91. The Kier molecular flexibility index (Phi) is 6.17. The van der Waals surface area contributed by atoms with Crippen LogP contribution in [0.25, 0.3) is 5.57 Å². The minimum atomic E-state index is -1.42. The molecule has 0 radical (unpaired) electrons. The largest absolute Gasteiger partial charge is 0.474 e. The number of ether oxygens (including phenoxy) is 2. The molecular formula is C22H22F2N2O4. The van der Waals surface area contributed by atoms with Crippen LogP contribution >= 0.6 is 0 Å². The fourth-order valence-corrected chi connectivity index (χ4v) is 3.07. The number of carbonyl (C=O) groups excluding carboxylic acids is 2. The molecule has 1 N–H and O–H groups in total. The first-order valence-electron chi connectivity index (χ1n) is 9.24. The molecule has 6 nitrogen and oxygen atoms in total. The van der Waals surface area contributed by atoms with Gasteiger partial charge in [0.1, 0.15) is 29.5 Å². The van der Waals surface area contributed by atoms with Crippen molar-refractivity contribution in [3.05, 3.63) is 71.5 Å². The lowest BCUT2D eigenvalue weighted by Gasteiger charge is -2.40. The first-order chi connectivity index (χ1) is 14.3. The van der Waals surface area contributed by atoms with Gasteiger partial charge < -0.3 is 14.8 Å². The average Bonchev–Trinajstić information content (AvgIpc) is 2.71. The van der Waals surface area contributed by atoms with Crippen molar-refractivity contribution in [2.45, 2.75) is 19.4 Å². The monoisotopic (exact) mass is 416 g/mol. The lowest BCUT2D eigenvalue weighted by atomic mass is 9.96. The lowest BCUT2D eigenvalue weighted by Crippen LogP contribution is -2.57. The van der Waals surface area contributed by atoms with Crippen LogP contribution < -0.4 is 5.32 Å². The van der Waals surface area contributed by atoms with E-state index in [-0.39, 0.29) is 24.6 Å². The van der Waals surface area contributed by atoms with Crippen LogP contribution in [0.5, 0.6) is 0 Å². The van der Waals surface area contributed by atoms with Crippen LogP contribution in [0.1, 0.15) is 19.4 Å². The third-order valence-corrected chi connectivity index (χ3v) is 4.85. The summed E-state index contributed by atoms with van der Waals surface area (Å²) in [5.74, 6) is -2.24. The molecule has 0 bridgehead atoms. The third kappa shape index (κ3) is 4.18. The molecular weight excluding hydrogens is 394 g/mol. The first kappa shape index (κ1) is 21.4. The van der Waals surface area contributed by atoms with E-state index in [1.165, 1.54) is 25.9 Å². The number of benzene rings is 2. The van der Waals surface area contributed by atoms with Crippen molar-refractivity contribution < 1.29 is 27.8 Å². The zero-order valence-electron chi connectivity index (χ0n) is 16.9. The zero-order valence-corrected chi connectivity index (χ0v) is 16.9. The number of methoxy groups -OCH3 is 1. The van der Waals surface area contributed by atoms with E-state index in [2.05, 4.69) is 5.32 Å². The number of nitrogens with one attached hydrogen (secondary N) is 1. The number of hydrogen-bond donors (Lipinski definition) is 1. The van der Waals surface area contributed by atoms with Crippen LogP contribution in [0.2, 0.25) is 0 Å². The molecule has 0 spiro atoms. The van der Waals surface area contributed by atoms with Crippen LogP contribution in [0.15, 0.2) is 54.3 Å². The molecule has 8 heteroatoms. The molecule has 2 amide bonds. The molecule has 0 unspecified atom stereocenters. The second kappa shape index (κ2) is 8.62. The van der Waals surface area contributed by atoms with Crippen molar-refractivity contribution >= 4 is 23.1 Å². The fourth-order valence-electron chi connectivity index (χ4n) is 3.07. The Labute approximate surface area is 173 Å². The number of nitrogens with zero attached hydrogens (tertiary/aromatic N) is 1. The number of hydrogen-bond acceptors (Lipinski definition) is 4. The molecule has 1 aliphatic heterocycles. The summed E-state index contributed by atoms with van der Waals surface area (Å²) in [4.78, 5) is 27.5. The Hall–Kier alpha value is -3.26. The fraction of sp³-hybridized carbons (Fsp3) is 0.273. The summed E-state index contributed by atoms with van der Waals surface area (Å²) in [7, 11) is 1.49. The maximum Gasteiger partial charge on any atom is 0.261 e. The number of amides is 2. The maximum absolute atomic E-state index is 13.9. The SMILES string of the molecule is COCC1=C(c2ccccc2)C(=O)N(C(C)(C)C(=O)Nc2cc(F)ccc2F)CO1. The highest BCUT2D eigenvalue weighted by atomic mass is 19.1. The summed E-state index contributed by atoms with van der Waals surface area (Å²) in [6, 6.07) is 11.6. The Morgan fingerprint density at radius 2 is 1.90 bits per heavy atom. The number of anilines is 1. The molecule has 0 atom stereocenters. The molecule has 0 aromatic heterocycles. The third-order valence-electron chi connectivity index (χ3n) is 4.85. The van der Waals surface area contributed by atoms with E-state index in [4.69, 9.17) is 9.47 Å². The smallest absolute Gasteiger partial charge is 0.261 e. The van der Waals surface area contributed by atoms with Crippen molar-refractivity contribution in [1.29, 1.82) is 0 Å². The van der Waals surface area contributed by atoms with Gasteiger partial charge in [0, 0.05) is 13.2 Å². The van der Waals surface area contributed by atoms with Crippen LogP contribution in [0.3, 0.4) is 0 Å². The van der Waals surface area contributed by atoms with Gasteiger partial charge in [0.2, 0.25) is 5.91 Å². The topological polar surface area (TPSA) is 67.9 Å². The molecule has 0 aliphatic carbocycles. The van der Waals surface area contributed by atoms with Crippen molar-refractivity contribution in [1.82, 2.24) is 4.90 Å². The predicted octanol–water partition coefficient (Wildman–Crippen LogP) is 3.56. The summed E-state index contributed by atoms with van der Waals surface area (Å²) < 4.78 is 38.3. The molecule has 1 heterocycles. The van der Waals surface area contributed by atoms with Gasteiger partial charge in [-0.3, -0.25) is 14.5 Å². The molecule has 30 heavy (non-hydrogen) atoms. The van der Waals surface area contributed by atoms with Crippen LogP contribution in [0, 0.1) is 11.6 Å². The summed E-state index contributed by atoms with van der Waals surface area (Å²) in [5, 5.41) is 2.36. The molecule has 1 aliphatic rings. The molecule has 3 rings (SSSR count).